The number of rotatable bonds is 9. The molecular formula is C19H16F4N2O2S2. The summed E-state index contributed by atoms with van der Waals surface area (Å²) < 4.78 is 59.6. The molecule has 0 atom stereocenters. The van der Waals surface area contributed by atoms with Crippen molar-refractivity contribution in [1.82, 2.24) is 4.98 Å². The molecule has 0 aliphatic rings. The molecule has 4 nitrogen and oxygen atoms in total. The Morgan fingerprint density at radius 2 is 1.72 bits per heavy atom. The summed E-state index contributed by atoms with van der Waals surface area (Å²) >= 11 is 3.00. The lowest BCUT2D eigenvalue weighted by Gasteiger charge is -2.26. The van der Waals surface area contributed by atoms with Crippen LogP contribution in [0.4, 0.5) is 28.9 Å². The summed E-state index contributed by atoms with van der Waals surface area (Å²) in [7, 11) is 0. The lowest BCUT2D eigenvalue weighted by molar-refractivity contribution is -0.0692. The molecule has 0 saturated carbocycles. The van der Waals surface area contributed by atoms with E-state index in [-0.39, 0.29) is 0 Å². The minimum atomic E-state index is -3.18. The summed E-state index contributed by atoms with van der Waals surface area (Å²) in [6.45, 7) is -5.93. The van der Waals surface area contributed by atoms with Crippen LogP contribution in [0.25, 0.3) is 0 Å². The highest BCUT2D eigenvalue weighted by molar-refractivity contribution is 7.98. The minimum Gasteiger partial charge on any atom is -0.431 e. The van der Waals surface area contributed by atoms with Crippen molar-refractivity contribution >= 4 is 34.5 Å². The number of thioether (sulfide) groups is 1. The monoisotopic (exact) mass is 444 g/mol. The predicted molar refractivity (Wildman–Crippen MR) is 106 cm³/mol. The van der Waals surface area contributed by atoms with Crippen molar-refractivity contribution in [3.63, 3.8) is 0 Å². The van der Waals surface area contributed by atoms with Gasteiger partial charge in [-0.25, -0.2) is 0 Å². The molecule has 0 aliphatic heterocycles. The Kier molecular flexibility index (Phi) is 7.21. The third-order valence-electron chi connectivity index (χ3n) is 3.83. The van der Waals surface area contributed by atoms with Crippen LogP contribution in [0, 0.1) is 0 Å². The maximum Gasteiger partial charge on any atom is 0.387 e. The molecule has 29 heavy (non-hydrogen) atoms. The van der Waals surface area contributed by atoms with Crippen LogP contribution >= 0.6 is 23.1 Å². The highest BCUT2D eigenvalue weighted by Crippen LogP contribution is 2.38. The first-order valence-corrected chi connectivity index (χ1v) is 10.4. The molecule has 10 heteroatoms. The van der Waals surface area contributed by atoms with Crippen molar-refractivity contribution < 1.29 is 27.0 Å². The summed E-state index contributed by atoms with van der Waals surface area (Å²) in [5.74, 6) is -0.923. The summed E-state index contributed by atoms with van der Waals surface area (Å²) in [4.78, 5) is 7.87. The highest BCUT2D eigenvalue weighted by atomic mass is 32.2. The van der Waals surface area contributed by atoms with Gasteiger partial charge in [-0.2, -0.15) is 17.6 Å². The molecule has 2 aromatic carbocycles. The highest BCUT2D eigenvalue weighted by Gasteiger charge is 2.19. The fraction of sp³-hybridized carbons (Fsp3) is 0.211. The van der Waals surface area contributed by atoms with Gasteiger partial charge in [-0.3, -0.25) is 4.98 Å². The Hall–Kier alpha value is -2.46. The summed E-state index contributed by atoms with van der Waals surface area (Å²) in [6, 6.07) is 11.6. The molecule has 1 heterocycles. The van der Waals surface area contributed by atoms with E-state index in [1.54, 1.807) is 23.5 Å². The number of aromatic nitrogens is 1. The Morgan fingerprint density at radius 1 is 1.00 bits per heavy atom. The number of benzene rings is 2. The molecule has 154 valence electrons. The van der Waals surface area contributed by atoms with Gasteiger partial charge in [-0.05, 0) is 36.6 Å². The normalized spacial score (nSPS) is 11.1. The Bertz CT molecular complexity index is 926. The van der Waals surface area contributed by atoms with Crippen molar-refractivity contribution in [1.29, 1.82) is 0 Å². The Labute approximate surface area is 173 Å². The molecule has 0 saturated heterocycles. The maximum atomic E-state index is 12.8. The molecule has 0 N–H and O–H groups in total. The third-order valence-corrected chi connectivity index (χ3v) is 5.32. The standard InChI is InChI=1S/C19H16F4N2O2S2/c1-28-14-4-2-3-12(7-14)25(10-15-9-24-11-29-15)13-5-6-16(26-18(20)21)17(8-13)27-19(22)23/h2-9,11,18-19H,10H2,1H3. The van der Waals surface area contributed by atoms with Gasteiger partial charge in [0.25, 0.3) is 0 Å². The molecule has 0 amide bonds. The third kappa shape index (κ3) is 5.77. The first kappa shape index (κ1) is 21.3. The Morgan fingerprint density at radius 3 is 2.38 bits per heavy atom. The van der Waals surface area contributed by atoms with Crippen molar-refractivity contribution in [3.05, 3.63) is 59.0 Å². The van der Waals surface area contributed by atoms with Crippen LogP contribution in [0.2, 0.25) is 0 Å². The van der Waals surface area contributed by atoms with Crippen LogP contribution < -0.4 is 14.4 Å². The number of anilines is 2. The number of hydrogen-bond acceptors (Lipinski definition) is 6. The van der Waals surface area contributed by atoms with E-state index >= 15 is 0 Å². The zero-order valence-electron chi connectivity index (χ0n) is 15.1. The average molecular weight is 444 g/mol. The number of hydrogen-bond donors (Lipinski definition) is 0. The van der Waals surface area contributed by atoms with E-state index in [4.69, 9.17) is 0 Å². The number of nitrogens with zero attached hydrogens (tertiary/aromatic N) is 2. The van der Waals surface area contributed by atoms with Crippen molar-refractivity contribution in [2.24, 2.45) is 0 Å². The van der Waals surface area contributed by atoms with Crippen LogP contribution in [0.15, 0.2) is 59.1 Å². The quantitative estimate of drug-likeness (QED) is 0.282. The zero-order chi connectivity index (χ0) is 20.8. The average Bonchev–Trinajstić information content (AvgIpc) is 3.20. The molecule has 0 radical (unpaired) electrons. The molecular weight excluding hydrogens is 428 g/mol. The lowest BCUT2D eigenvalue weighted by atomic mass is 10.2. The van der Waals surface area contributed by atoms with Crippen molar-refractivity contribution in [3.8, 4) is 11.5 Å². The predicted octanol–water partition coefficient (Wildman–Crippen LogP) is 6.41. The lowest BCUT2D eigenvalue weighted by Crippen LogP contribution is -2.16. The van der Waals surface area contributed by atoms with Crippen LogP contribution in [0.3, 0.4) is 0 Å². The fourth-order valence-electron chi connectivity index (χ4n) is 2.63. The maximum absolute atomic E-state index is 12.8. The van der Waals surface area contributed by atoms with Gasteiger partial charge in [0.15, 0.2) is 11.5 Å². The van der Waals surface area contributed by atoms with Crippen LogP contribution in [0.5, 0.6) is 11.5 Å². The second-order valence-corrected chi connectivity index (χ2v) is 7.49. The van der Waals surface area contributed by atoms with E-state index in [1.165, 1.54) is 29.5 Å². The van der Waals surface area contributed by atoms with E-state index in [0.29, 0.717) is 12.2 Å². The van der Waals surface area contributed by atoms with Crippen molar-refractivity contribution in [2.75, 3.05) is 11.2 Å². The Balaban J connectivity index is 2.03. The number of halogens is 4. The number of thiazole rings is 1. The van der Waals surface area contributed by atoms with Crippen LogP contribution in [0.1, 0.15) is 4.88 Å². The molecule has 0 unspecified atom stereocenters. The van der Waals surface area contributed by atoms with Gasteiger partial charge in [0.1, 0.15) is 0 Å². The number of ether oxygens (including phenoxy) is 2. The van der Waals surface area contributed by atoms with Gasteiger partial charge in [-0.1, -0.05) is 6.07 Å². The molecule has 1 aromatic heterocycles. The van der Waals surface area contributed by atoms with Crippen molar-refractivity contribution in [2.45, 2.75) is 24.7 Å². The largest absolute Gasteiger partial charge is 0.431 e. The van der Waals surface area contributed by atoms with E-state index in [0.717, 1.165) is 15.5 Å². The molecule has 0 bridgehead atoms. The molecule has 0 aliphatic carbocycles. The van der Waals surface area contributed by atoms with E-state index in [1.807, 2.05) is 35.4 Å². The topological polar surface area (TPSA) is 34.6 Å². The molecule has 3 rings (SSSR count). The summed E-state index contributed by atoms with van der Waals surface area (Å²) in [5.41, 5.74) is 2.97. The van der Waals surface area contributed by atoms with E-state index in [9.17, 15) is 17.6 Å². The van der Waals surface area contributed by atoms with Gasteiger partial charge in [0.2, 0.25) is 0 Å². The smallest absolute Gasteiger partial charge is 0.387 e. The zero-order valence-corrected chi connectivity index (χ0v) is 16.7. The first-order valence-electron chi connectivity index (χ1n) is 8.29. The van der Waals surface area contributed by atoms with Gasteiger partial charge < -0.3 is 14.4 Å². The van der Waals surface area contributed by atoms with Crippen LogP contribution in [-0.4, -0.2) is 24.5 Å². The molecule has 3 aromatic rings. The van der Waals surface area contributed by atoms with Gasteiger partial charge in [0, 0.05) is 33.4 Å². The second-order valence-electron chi connectivity index (χ2n) is 5.64. The minimum absolute atomic E-state index is 0.408. The number of alkyl halides is 4. The van der Waals surface area contributed by atoms with Crippen LogP contribution in [-0.2, 0) is 6.54 Å². The van der Waals surface area contributed by atoms with Gasteiger partial charge in [-0.15, -0.1) is 23.1 Å². The summed E-state index contributed by atoms with van der Waals surface area (Å²) in [6.07, 6.45) is 3.65. The summed E-state index contributed by atoms with van der Waals surface area (Å²) in [5, 5.41) is 0. The molecule has 0 spiro atoms. The SMILES string of the molecule is CSc1cccc(N(Cc2cncs2)c2ccc(OC(F)F)c(OC(F)F)c2)c1. The van der Waals surface area contributed by atoms with Gasteiger partial charge >= 0.3 is 13.2 Å². The van der Waals surface area contributed by atoms with Gasteiger partial charge in [0.05, 0.1) is 12.1 Å². The van der Waals surface area contributed by atoms with E-state index < -0.39 is 24.7 Å². The second kappa shape index (κ2) is 9.84. The fourth-order valence-corrected chi connectivity index (χ4v) is 3.67. The van der Waals surface area contributed by atoms with E-state index in [2.05, 4.69) is 14.5 Å². The molecule has 0 fully saturated rings. The first-order chi connectivity index (χ1) is 14.0.